The van der Waals surface area contributed by atoms with E-state index in [4.69, 9.17) is 30.3 Å². The van der Waals surface area contributed by atoms with Gasteiger partial charge in [-0.15, -0.1) is 0 Å². The van der Waals surface area contributed by atoms with Gasteiger partial charge in [-0.3, -0.25) is 19.2 Å². The molecule has 0 aromatic rings. The van der Waals surface area contributed by atoms with E-state index in [1.165, 1.54) is 250 Å². The Labute approximate surface area is 471 Å². The molecule has 0 aromatic heterocycles. The Kier molecular flexibility index (Phi) is 86.1. The highest BCUT2D eigenvalue weighted by atomic mass is 16.5. The van der Waals surface area contributed by atoms with Gasteiger partial charge in [-0.05, 0) is 32.1 Å². The number of hydrogen-bond acceptors (Lipinski definition) is 7. The van der Waals surface area contributed by atoms with E-state index in [9.17, 15) is 24.3 Å². The molecule has 1 unspecified atom stereocenters. The first-order valence-corrected chi connectivity index (χ1v) is 32.6. The molecular weight excluding hydrogens is 957 g/mol. The van der Waals surface area contributed by atoms with Gasteiger partial charge >= 0.3 is 23.9 Å². The lowest BCUT2D eigenvalue weighted by Gasteiger charge is -2.08. The molecule has 76 heavy (non-hydrogen) atoms. The predicted molar refractivity (Wildman–Crippen MR) is 323 cm³/mol. The maximum absolute atomic E-state index is 10.0. The zero-order valence-electron chi connectivity index (χ0n) is 51.2. The van der Waals surface area contributed by atoms with E-state index >= 15 is 0 Å². The molecule has 0 bridgehead atoms. The van der Waals surface area contributed by atoms with E-state index in [0.29, 0.717) is 32.3 Å². The molecule has 0 rings (SSSR count). The minimum absolute atomic E-state index is 0.209. The van der Waals surface area contributed by atoms with Crippen LogP contribution in [0.3, 0.4) is 0 Å². The van der Waals surface area contributed by atoms with Gasteiger partial charge in [-0.25, -0.2) is 0 Å². The van der Waals surface area contributed by atoms with Crippen LogP contribution in [0.5, 0.6) is 0 Å². The Morgan fingerprint density at radius 3 is 0.592 bits per heavy atom. The molecule has 6 N–H and O–H groups in total. The van der Waals surface area contributed by atoms with Crippen LogP contribution in [0.25, 0.3) is 0 Å². The SMILES string of the molecule is CCCCCCCC(=O)O.CCCCCCCC(=O)O.CCCCCCCC(=O)O.CCCCCCCC(=O)O.CCCCCCCCCCCCCCCCCCCCCCCCCCCCCCOCC(O)CO. The maximum atomic E-state index is 10.0. The van der Waals surface area contributed by atoms with Crippen LogP contribution in [0.2, 0.25) is 0 Å². The van der Waals surface area contributed by atoms with Crippen molar-refractivity contribution in [2.45, 2.75) is 375 Å². The third-order valence-electron chi connectivity index (χ3n) is 13.6. The summed E-state index contributed by atoms with van der Waals surface area (Å²) < 4.78 is 5.34. The molecule has 0 aliphatic rings. The first kappa shape index (κ1) is 82.6. The van der Waals surface area contributed by atoms with Crippen LogP contribution in [-0.2, 0) is 23.9 Å². The summed E-state index contributed by atoms with van der Waals surface area (Å²) in [6.07, 6.45) is 62.6. The molecule has 0 spiro atoms. The molecule has 0 radical (unpaired) electrons. The second-order valence-electron chi connectivity index (χ2n) is 21.7. The van der Waals surface area contributed by atoms with Crippen molar-refractivity contribution < 1.29 is 54.6 Å². The topological polar surface area (TPSA) is 199 Å². The van der Waals surface area contributed by atoms with Crippen molar-refractivity contribution in [2.75, 3.05) is 19.8 Å². The number of unbranched alkanes of at least 4 members (excludes halogenated alkanes) is 43. The zero-order chi connectivity index (χ0) is 57.5. The highest BCUT2D eigenvalue weighted by Gasteiger charge is 2.02. The smallest absolute Gasteiger partial charge is 0.303 e. The minimum atomic E-state index is -0.719. The van der Waals surface area contributed by atoms with E-state index in [0.717, 1.165) is 57.8 Å². The van der Waals surface area contributed by atoms with E-state index < -0.39 is 30.0 Å². The molecule has 0 amide bonds. The highest BCUT2D eigenvalue weighted by Crippen LogP contribution is 2.17. The number of aliphatic hydroxyl groups is 2. The second kappa shape index (κ2) is 79.2. The number of carbonyl (C=O) groups is 4. The van der Waals surface area contributed by atoms with Gasteiger partial charge in [0.25, 0.3) is 0 Å². The number of rotatable bonds is 56. The molecule has 11 heteroatoms. The third-order valence-corrected chi connectivity index (χ3v) is 13.6. The number of aliphatic carboxylic acids is 4. The van der Waals surface area contributed by atoms with Crippen LogP contribution in [-0.4, -0.2) is 80.4 Å². The number of carboxylic acid groups (broad SMARTS) is 4. The molecule has 0 aromatic carbocycles. The molecule has 0 heterocycles. The normalized spacial score (nSPS) is 11.0. The molecule has 11 nitrogen and oxygen atoms in total. The maximum Gasteiger partial charge on any atom is 0.303 e. The van der Waals surface area contributed by atoms with Gasteiger partial charge in [-0.2, -0.15) is 0 Å². The van der Waals surface area contributed by atoms with Crippen molar-refractivity contribution in [3.8, 4) is 0 Å². The number of hydrogen-bond donors (Lipinski definition) is 6. The standard InChI is InChI=1S/C33H68O3.4C8H16O2/c1-2-3-4-5-6-7-8-9-10-11-12-13-14-15-16-17-18-19-20-21-22-23-24-25-26-27-28-29-30-36-32-33(35)31-34;4*1-2-3-4-5-6-7-8(9)10/h33-35H,2-32H2,1H3;4*2-7H2,1H3,(H,9,10). The molecule has 0 saturated heterocycles. The van der Waals surface area contributed by atoms with E-state index in [1.54, 1.807) is 0 Å². The molecular formula is C65H132O11. The summed E-state index contributed by atoms with van der Waals surface area (Å²) in [5, 5.41) is 51.0. The van der Waals surface area contributed by atoms with Crippen LogP contribution in [0.4, 0.5) is 0 Å². The van der Waals surface area contributed by atoms with Crippen LogP contribution in [0.1, 0.15) is 369 Å². The Morgan fingerprint density at radius 1 is 0.276 bits per heavy atom. The molecule has 0 saturated carbocycles. The van der Waals surface area contributed by atoms with E-state index in [-0.39, 0.29) is 13.2 Å². The van der Waals surface area contributed by atoms with E-state index in [2.05, 4.69) is 34.6 Å². The van der Waals surface area contributed by atoms with Crippen molar-refractivity contribution in [3.63, 3.8) is 0 Å². The average molecular weight is 1090 g/mol. The fourth-order valence-electron chi connectivity index (χ4n) is 8.66. The molecule has 0 fully saturated rings. The molecule has 1 atom stereocenters. The van der Waals surface area contributed by atoms with Gasteiger partial charge < -0.3 is 35.4 Å². The van der Waals surface area contributed by atoms with Crippen LogP contribution in [0.15, 0.2) is 0 Å². The summed E-state index contributed by atoms with van der Waals surface area (Å²) in [5.74, 6) is -2.68. The van der Waals surface area contributed by atoms with Crippen molar-refractivity contribution in [2.24, 2.45) is 0 Å². The fourth-order valence-corrected chi connectivity index (χ4v) is 8.66. The first-order chi connectivity index (χ1) is 36.9. The Hall–Kier alpha value is -2.24. The van der Waals surface area contributed by atoms with Crippen LogP contribution in [0, 0.1) is 0 Å². The summed E-state index contributed by atoms with van der Waals surface area (Å²) >= 11 is 0. The summed E-state index contributed by atoms with van der Waals surface area (Å²) in [5.41, 5.74) is 0. The Morgan fingerprint density at radius 2 is 0.434 bits per heavy atom. The number of ether oxygens (including phenoxy) is 1. The van der Waals surface area contributed by atoms with Gasteiger partial charge in [0.15, 0.2) is 0 Å². The number of carboxylic acids is 4. The fraction of sp³-hybridized carbons (Fsp3) is 0.938. The molecule has 0 aliphatic heterocycles. The lowest BCUT2D eigenvalue weighted by atomic mass is 10.0. The average Bonchev–Trinajstić information content (AvgIpc) is 3.39. The zero-order valence-corrected chi connectivity index (χ0v) is 51.2. The van der Waals surface area contributed by atoms with Gasteiger partial charge in [0.1, 0.15) is 6.10 Å². The largest absolute Gasteiger partial charge is 0.481 e. The van der Waals surface area contributed by atoms with Crippen LogP contribution < -0.4 is 0 Å². The quantitative estimate of drug-likeness (QED) is 0.0317. The van der Waals surface area contributed by atoms with Gasteiger partial charge in [0, 0.05) is 32.3 Å². The van der Waals surface area contributed by atoms with Gasteiger partial charge in [-0.1, -0.05) is 311 Å². The van der Waals surface area contributed by atoms with Crippen molar-refractivity contribution >= 4 is 23.9 Å². The molecule has 458 valence electrons. The Balaban J connectivity index is -0.000000336. The summed E-state index contributed by atoms with van der Waals surface area (Å²) in [6.45, 7) is 11.7. The highest BCUT2D eigenvalue weighted by molar-refractivity contribution is 5.67. The van der Waals surface area contributed by atoms with Crippen molar-refractivity contribution in [1.29, 1.82) is 0 Å². The third kappa shape index (κ3) is 101. The van der Waals surface area contributed by atoms with Crippen LogP contribution >= 0.6 is 0 Å². The summed E-state index contributed by atoms with van der Waals surface area (Å²) in [6, 6.07) is 0. The minimum Gasteiger partial charge on any atom is -0.481 e. The molecule has 0 aliphatic carbocycles. The summed E-state index contributed by atoms with van der Waals surface area (Å²) in [4.78, 5) is 40.1. The lowest BCUT2D eigenvalue weighted by Crippen LogP contribution is -2.19. The van der Waals surface area contributed by atoms with Gasteiger partial charge in [0.05, 0.1) is 13.2 Å². The Bertz CT molecular complexity index is 992. The second-order valence-corrected chi connectivity index (χ2v) is 21.7. The van der Waals surface area contributed by atoms with E-state index in [1.807, 2.05) is 0 Å². The first-order valence-electron chi connectivity index (χ1n) is 32.6. The van der Waals surface area contributed by atoms with Crippen molar-refractivity contribution in [3.05, 3.63) is 0 Å². The predicted octanol–water partition coefficient (Wildman–Crippen LogP) is 20.0. The lowest BCUT2D eigenvalue weighted by molar-refractivity contribution is -0.138. The number of aliphatic hydroxyl groups excluding tert-OH is 2. The van der Waals surface area contributed by atoms with Gasteiger partial charge in [0.2, 0.25) is 0 Å². The van der Waals surface area contributed by atoms with Crippen molar-refractivity contribution in [1.82, 2.24) is 0 Å². The summed E-state index contributed by atoms with van der Waals surface area (Å²) in [7, 11) is 0. The monoisotopic (exact) mass is 1090 g/mol.